The second kappa shape index (κ2) is 11.9. The van der Waals surface area contributed by atoms with Crippen molar-refractivity contribution in [3.63, 3.8) is 0 Å². The molecule has 1 amide bonds. The van der Waals surface area contributed by atoms with E-state index < -0.39 is 8.07 Å². The van der Waals surface area contributed by atoms with E-state index in [2.05, 4.69) is 67.9 Å². The third-order valence-electron chi connectivity index (χ3n) is 7.35. The van der Waals surface area contributed by atoms with Gasteiger partial charge in [-0.3, -0.25) is 4.79 Å². The van der Waals surface area contributed by atoms with Gasteiger partial charge < -0.3 is 29.6 Å². The molecule has 0 saturated carbocycles. The van der Waals surface area contributed by atoms with E-state index in [1.54, 1.807) is 6.33 Å². The maximum absolute atomic E-state index is 12.7. The Morgan fingerprint density at radius 3 is 2.58 bits per heavy atom. The van der Waals surface area contributed by atoms with Gasteiger partial charge in [0.25, 0.3) is 0 Å². The third-order valence-corrected chi connectivity index (χ3v) is 9.06. The van der Waals surface area contributed by atoms with Crippen molar-refractivity contribution in [2.75, 3.05) is 56.2 Å². The molecule has 3 aromatic rings. The maximum atomic E-state index is 12.7. The maximum Gasteiger partial charge on any atom is 0.227 e. The molecule has 2 aromatic heterocycles. The summed E-state index contributed by atoms with van der Waals surface area (Å²) in [6.07, 6.45) is 3.41. The molecule has 9 nitrogen and oxygen atoms in total. The van der Waals surface area contributed by atoms with Crippen LogP contribution in [0.25, 0.3) is 22.3 Å². The molecule has 5 rings (SSSR count). The molecule has 2 saturated heterocycles. The number of morpholine rings is 1. The molecule has 38 heavy (non-hydrogen) atoms. The smallest absolute Gasteiger partial charge is 0.227 e. The van der Waals surface area contributed by atoms with Gasteiger partial charge in [-0.05, 0) is 55.7 Å². The van der Waals surface area contributed by atoms with Gasteiger partial charge in [0.2, 0.25) is 5.91 Å². The molecule has 2 aliphatic heterocycles. The molecule has 2 aliphatic rings. The van der Waals surface area contributed by atoms with Gasteiger partial charge in [-0.15, -0.1) is 0 Å². The quantitative estimate of drug-likeness (QED) is 0.313. The number of carbonyl (C=O) groups is 1. The van der Waals surface area contributed by atoms with Crippen molar-refractivity contribution in [3.05, 3.63) is 36.7 Å². The van der Waals surface area contributed by atoms with Gasteiger partial charge in [0.05, 0.1) is 24.3 Å². The predicted molar refractivity (Wildman–Crippen MR) is 154 cm³/mol. The first-order valence-corrected chi connectivity index (χ1v) is 17.5. The average Bonchev–Trinajstić information content (AvgIpc) is 3.30. The molecule has 10 heteroatoms. The second-order valence-electron chi connectivity index (χ2n) is 11.4. The van der Waals surface area contributed by atoms with Gasteiger partial charge in [0, 0.05) is 39.4 Å². The molecular formula is C28H40N6O3Si. The van der Waals surface area contributed by atoms with Crippen molar-refractivity contribution in [2.45, 2.75) is 45.3 Å². The van der Waals surface area contributed by atoms with Crippen LogP contribution < -0.4 is 15.5 Å². The first kappa shape index (κ1) is 26.8. The van der Waals surface area contributed by atoms with Crippen LogP contribution in [0.15, 0.2) is 36.7 Å². The highest BCUT2D eigenvalue weighted by atomic mass is 28.3. The number of amides is 1. The van der Waals surface area contributed by atoms with E-state index in [0.717, 1.165) is 85.5 Å². The summed E-state index contributed by atoms with van der Waals surface area (Å²) in [6, 6.07) is 11.4. The number of nitrogens with one attached hydrogen (secondary N) is 2. The molecular weight excluding hydrogens is 496 g/mol. The van der Waals surface area contributed by atoms with Crippen molar-refractivity contribution < 1.29 is 14.3 Å². The largest absolute Gasteiger partial charge is 0.378 e. The highest BCUT2D eigenvalue weighted by Crippen LogP contribution is 2.33. The molecule has 0 atom stereocenters. The Labute approximate surface area is 225 Å². The van der Waals surface area contributed by atoms with Crippen LogP contribution in [0, 0.1) is 5.92 Å². The third kappa shape index (κ3) is 6.43. The average molecular weight is 537 g/mol. The predicted octanol–water partition coefficient (Wildman–Crippen LogP) is 4.19. The lowest BCUT2D eigenvalue weighted by molar-refractivity contribution is -0.120. The Hall–Kier alpha value is -2.79. The van der Waals surface area contributed by atoms with Crippen molar-refractivity contribution in [1.29, 1.82) is 0 Å². The van der Waals surface area contributed by atoms with Crippen LogP contribution in [0.1, 0.15) is 12.8 Å². The van der Waals surface area contributed by atoms with Crippen LogP contribution in [0.3, 0.4) is 0 Å². The minimum atomic E-state index is -1.19. The topological polar surface area (TPSA) is 93.5 Å². The molecule has 4 heterocycles. The SMILES string of the molecule is C[Si](C)(C)CCOCn1c(-c2ccc(NC(=O)C3CCNCC3)cc2)cc2c(N3CCOCC3)ncnc21. The number of aromatic nitrogens is 3. The van der Waals surface area contributed by atoms with E-state index in [-0.39, 0.29) is 11.8 Å². The van der Waals surface area contributed by atoms with E-state index in [1.807, 2.05) is 12.1 Å². The molecule has 2 N–H and O–H groups in total. The fourth-order valence-corrected chi connectivity index (χ4v) is 5.79. The van der Waals surface area contributed by atoms with E-state index in [9.17, 15) is 4.79 Å². The molecule has 204 valence electrons. The summed E-state index contributed by atoms with van der Waals surface area (Å²) in [6.45, 7) is 13.1. The number of hydrogen-bond acceptors (Lipinski definition) is 7. The van der Waals surface area contributed by atoms with Crippen LogP contribution in [0.5, 0.6) is 0 Å². The fourth-order valence-electron chi connectivity index (χ4n) is 5.03. The number of carbonyl (C=O) groups excluding carboxylic acids is 1. The summed E-state index contributed by atoms with van der Waals surface area (Å²) in [4.78, 5) is 24.3. The van der Waals surface area contributed by atoms with Gasteiger partial charge in [-0.25, -0.2) is 9.97 Å². The molecule has 0 bridgehead atoms. The van der Waals surface area contributed by atoms with Crippen molar-refractivity contribution >= 4 is 36.5 Å². The Balaban J connectivity index is 1.41. The number of fused-ring (bicyclic) bond motifs is 1. The number of anilines is 2. The summed E-state index contributed by atoms with van der Waals surface area (Å²) in [7, 11) is -1.19. The minimum Gasteiger partial charge on any atom is -0.378 e. The number of piperidine rings is 1. The summed E-state index contributed by atoms with van der Waals surface area (Å²) < 4.78 is 13.9. The molecule has 0 radical (unpaired) electrons. The van der Waals surface area contributed by atoms with Gasteiger partial charge >= 0.3 is 0 Å². The van der Waals surface area contributed by atoms with E-state index in [4.69, 9.17) is 9.47 Å². The van der Waals surface area contributed by atoms with Crippen LogP contribution in [0.4, 0.5) is 11.5 Å². The highest BCUT2D eigenvalue weighted by molar-refractivity contribution is 6.76. The Kier molecular flexibility index (Phi) is 8.42. The molecule has 0 aliphatic carbocycles. The van der Waals surface area contributed by atoms with E-state index in [0.29, 0.717) is 19.9 Å². The van der Waals surface area contributed by atoms with Crippen LogP contribution in [0.2, 0.25) is 25.7 Å². The Bertz CT molecular complexity index is 1230. The first-order valence-electron chi connectivity index (χ1n) is 13.8. The number of ether oxygens (including phenoxy) is 2. The standard InChI is InChI=1S/C28H40N6O3Si/c1-38(2,3)17-16-37-20-34-25(18-24-26(30-19-31-27(24)34)33-12-14-36-15-13-33)21-4-6-23(7-5-21)32-28(35)22-8-10-29-11-9-22/h4-7,18-19,22,29H,8-17,20H2,1-3H3,(H,32,35). The van der Waals surface area contributed by atoms with Gasteiger partial charge in [-0.1, -0.05) is 31.8 Å². The lowest BCUT2D eigenvalue weighted by atomic mass is 9.97. The number of benzene rings is 1. The monoisotopic (exact) mass is 536 g/mol. The van der Waals surface area contributed by atoms with Gasteiger partial charge in [0.15, 0.2) is 0 Å². The van der Waals surface area contributed by atoms with Crippen LogP contribution in [-0.2, 0) is 21.0 Å². The molecule has 2 fully saturated rings. The summed E-state index contributed by atoms with van der Waals surface area (Å²) in [5, 5.41) is 7.44. The zero-order valence-corrected chi connectivity index (χ0v) is 23.8. The van der Waals surface area contributed by atoms with E-state index >= 15 is 0 Å². The molecule has 0 spiro atoms. The minimum absolute atomic E-state index is 0.0731. The molecule has 0 unspecified atom stereocenters. The van der Waals surface area contributed by atoms with Gasteiger partial charge in [0.1, 0.15) is 24.5 Å². The van der Waals surface area contributed by atoms with E-state index in [1.165, 1.54) is 0 Å². The summed E-state index contributed by atoms with van der Waals surface area (Å²) in [5.74, 6) is 1.12. The van der Waals surface area contributed by atoms with Crippen molar-refractivity contribution in [2.24, 2.45) is 5.92 Å². The van der Waals surface area contributed by atoms with Crippen LogP contribution in [-0.4, -0.2) is 74.5 Å². The summed E-state index contributed by atoms with van der Waals surface area (Å²) >= 11 is 0. The highest BCUT2D eigenvalue weighted by Gasteiger charge is 2.22. The lowest BCUT2D eigenvalue weighted by Crippen LogP contribution is -2.36. The normalized spacial score (nSPS) is 17.2. The van der Waals surface area contributed by atoms with Gasteiger partial charge in [-0.2, -0.15) is 0 Å². The second-order valence-corrected chi connectivity index (χ2v) is 17.1. The molecule has 1 aromatic carbocycles. The van der Waals surface area contributed by atoms with Crippen LogP contribution >= 0.6 is 0 Å². The Morgan fingerprint density at radius 2 is 1.87 bits per heavy atom. The summed E-state index contributed by atoms with van der Waals surface area (Å²) in [5.41, 5.74) is 3.76. The fraction of sp³-hybridized carbons (Fsp3) is 0.536. The lowest BCUT2D eigenvalue weighted by Gasteiger charge is -2.28. The zero-order valence-electron chi connectivity index (χ0n) is 22.8. The number of hydrogen-bond donors (Lipinski definition) is 2. The number of rotatable bonds is 9. The zero-order chi connectivity index (χ0) is 26.5. The Morgan fingerprint density at radius 1 is 1.13 bits per heavy atom. The first-order chi connectivity index (χ1) is 18.4. The number of nitrogens with zero attached hydrogens (tertiary/aromatic N) is 4. The van der Waals surface area contributed by atoms with Crippen molar-refractivity contribution in [1.82, 2.24) is 19.9 Å². The van der Waals surface area contributed by atoms with Crippen molar-refractivity contribution in [3.8, 4) is 11.3 Å².